The highest BCUT2D eigenvalue weighted by Gasteiger charge is 2.21. The number of rotatable bonds is 4. The number of esters is 1. The summed E-state index contributed by atoms with van der Waals surface area (Å²) < 4.78 is 5.08. The van der Waals surface area contributed by atoms with Crippen LogP contribution >= 0.6 is 11.3 Å². The average molecular weight is 292 g/mol. The van der Waals surface area contributed by atoms with Crippen molar-refractivity contribution in [3.8, 4) is 0 Å². The Morgan fingerprint density at radius 2 is 2.30 bits per heavy atom. The topological polar surface area (TPSA) is 72.0 Å². The number of carbonyl (C=O) groups is 1. The molecular weight excluding hydrogens is 276 g/mol. The standard InChI is InChI=1S/C14H16N2O3S/c1-2-4-11(17)19-7-10-15-13(18)12-8-5-3-6-9(8)20-14(12)16-10/h2-7H2,1H3,(H,15,16,18). The molecule has 0 bridgehead atoms. The van der Waals surface area contributed by atoms with E-state index in [0.717, 1.165) is 41.5 Å². The summed E-state index contributed by atoms with van der Waals surface area (Å²) in [5.74, 6) is 0.163. The fourth-order valence-corrected chi connectivity index (χ4v) is 3.82. The van der Waals surface area contributed by atoms with E-state index in [0.29, 0.717) is 12.2 Å². The van der Waals surface area contributed by atoms with Crippen LogP contribution in [0.1, 0.15) is 42.5 Å². The van der Waals surface area contributed by atoms with Crippen molar-refractivity contribution in [2.24, 2.45) is 0 Å². The molecule has 1 aliphatic carbocycles. The van der Waals surface area contributed by atoms with Gasteiger partial charge in [0.1, 0.15) is 17.3 Å². The number of H-pyrrole nitrogens is 1. The van der Waals surface area contributed by atoms with Gasteiger partial charge in [-0.3, -0.25) is 9.59 Å². The van der Waals surface area contributed by atoms with Gasteiger partial charge in [0.05, 0.1) is 5.39 Å². The molecule has 0 aliphatic heterocycles. The number of aryl methyl sites for hydroxylation is 2. The minimum Gasteiger partial charge on any atom is -0.458 e. The van der Waals surface area contributed by atoms with Gasteiger partial charge in [-0.15, -0.1) is 11.3 Å². The van der Waals surface area contributed by atoms with E-state index in [1.165, 1.54) is 4.88 Å². The van der Waals surface area contributed by atoms with Crippen molar-refractivity contribution in [3.05, 3.63) is 26.6 Å². The summed E-state index contributed by atoms with van der Waals surface area (Å²) in [5.41, 5.74) is 1.05. The number of hydrogen-bond donors (Lipinski definition) is 1. The van der Waals surface area contributed by atoms with Gasteiger partial charge < -0.3 is 9.72 Å². The maximum Gasteiger partial charge on any atom is 0.306 e. The molecule has 5 nitrogen and oxygen atoms in total. The lowest BCUT2D eigenvalue weighted by Crippen LogP contribution is -2.14. The molecule has 2 aromatic heterocycles. The fourth-order valence-electron chi connectivity index (χ4n) is 2.54. The smallest absolute Gasteiger partial charge is 0.306 e. The first-order chi connectivity index (χ1) is 9.69. The minimum absolute atomic E-state index is 0.0343. The van der Waals surface area contributed by atoms with E-state index in [9.17, 15) is 9.59 Å². The highest BCUT2D eigenvalue weighted by molar-refractivity contribution is 7.18. The van der Waals surface area contributed by atoms with E-state index in [1.807, 2.05) is 6.92 Å². The van der Waals surface area contributed by atoms with Crippen LogP contribution in [0.4, 0.5) is 0 Å². The van der Waals surface area contributed by atoms with Crippen LogP contribution in [-0.2, 0) is 29.0 Å². The molecule has 2 aromatic rings. The molecule has 0 amide bonds. The number of nitrogens with one attached hydrogen (secondary N) is 1. The first-order valence-corrected chi connectivity index (χ1v) is 7.69. The van der Waals surface area contributed by atoms with Crippen LogP contribution in [0.5, 0.6) is 0 Å². The van der Waals surface area contributed by atoms with Crippen molar-refractivity contribution in [2.45, 2.75) is 45.6 Å². The molecule has 3 rings (SSSR count). The number of carbonyl (C=O) groups excluding carboxylic acids is 1. The molecule has 0 saturated carbocycles. The summed E-state index contributed by atoms with van der Waals surface area (Å²) in [6.45, 7) is 1.95. The number of hydrogen-bond acceptors (Lipinski definition) is 5. The van der Waals surface area contributed by atoms with E-state index < -0.39 is 0 Å². The molecule has 0 spiro atoms. The van der Waals surface area contributed by atoms with Crippen molar-refractivity contribution >= 4 is 27.5 Å². The lowest BCUT2D eigenvalue weighted by molar-refractivity contribution is -0.145. The van der Waals surface area contributed by atoms with Crippen LogP contribution in [-0.4, -0.2) is 15.9 Å². The molecule has 20 heavy (non-hydrogen) atoms. The van der Waals surface area contributed by atoms with E-state index in [-0.39, 0.29) is 18.1 Å². The van der Waals surface area contributed by atoms with Crippen LogP contribution in [0, 0.1) is 0 Å². The third-order valence-electron chi connectivity index (χ3n) is 3.45. The van der Waals surface area contributed by atoms with Crippen LogP contribution in [0.3, 0.4) is 0 Å². The molecule has 106 valence electrons. The summed E-state index contributed by atoms with van der Waals surface area (Å²) in [7, 11) is 0. The molecule has 6 heteroatoms. The number of ether oxygens (including phenoxy) is 1. The first-order valence-electron chi connectivity index (χ1n) is 6.88. The molecule has 0 atom stereocenters. The Morgan fingerprint density at radius 3 is 3.10 bits per heavy atom. The lowest BCUT2D eigenvalue weighted by atomic mass is 10.2. The molecule has 1 aliphatic rings. The Hall–Kier alpha value is -1.69. The predicted octanol–water partition coefficient (Wildman–Crippen LogP) is 2.32. The molecular formula is C14H16N2O3S. The Labute approximate surface area is 120 Å². The van der Waals surface area contributed by atoms with Crippen molar-refractivity contribution in [3.63, 3.8) is 0 Å². The number of aromatic nitrogens is 2. The van der Waals surface area contributed by atoms with E-state index in [2.05, 4.69) is 9.97 Å². The Kier molecular flexibility index (Phi) is 3.56. The number of nitrogens with zero attached hydrogens (tertiary/aromatic N) is 1. The fraction of sp³-hybridized carbons (Fsp3) is 0.500. The van der Waals surface area contributed by atoms with Gasteiger partial charge in [0, 0.05) is 11.3 Å². The van der Waals surface area contributed by atoms with Crippen molar-refractivity contribution in [1.29, 1.82) is 0 Å². The van der Waals surface area contributed by atoms with Gasteiger partial charge in [-0.05, 0) is 31.2 Å². The molecule has 0 aromatic carbocycles. The Morgan fingerprint density at radius 1 is 1.45 bits per heavy atom. The van der Waals surface area contributed by atoms with Crippen molar-refractivity contribution in [1.82, 2.24) is 9.97 Å². The van der Waals surface area contributed by atoms with Gasteiger partial charge in [-0.25, -0.2) is 4.98 Å². The molecule has 2 heterocycles. The molecule has 1 N–H and O–H groups in total. The molecule has 0 radical (unpaired) electrons. The van der Waals surface area contributed by atoms with Gasteiger partial charge in [0.25, 0.3) is 5.56 Å². The van der Waals surface area contributed by atoms with Crippen LogP contribution in [0.15, 0.2) is 4.79 Å². The zero-order valence-corrected chi connectivity index (χ0v) is 12.1. The zero-order chi connectivity index (χ0) is 14.1. The second kappa shape index (κ2) is 5.36. The number of thiophene rings is 1. The van der Waals surface area contributed by atoms with Crippen molar-refractivity contribution in [2.75, 3.05) is 0 Å². The van der Waals surface area contributed by atoms with Gasteiger partial charge in [-0.2, -0.15) is 0 Å². The number of aromatic amines is 1. The lowest BCUT2D eigenvalue weighted by Gasteiger charge is -2.03. The largest absolute Gasteiger partial charge is 0.458 e. The molecule has 0 fully saturated rings. The van der Waals surface area contributed by atoms with E-state index in [4.69, 9.17) is 4.74 Å². The minimum atomic E-state index is -0.260. The normalized spacial score (nSPS) is 13.7. The van der Waals surface area contributed by atoms with Crippen molar-refractivity contribution < 1.29 is 9.53 Å². The Bertz CT molecular complexity index is 717. The first kappa shape index (κ1) is 13.3. The highest BCUT2D eigenvalue weighted by Crippen LogP contribution is 2.34. The summed E-state index contributed by atoms with van der Waals surface area (Å²) in [5, 5.41) is 0.728. The summed E-state index contributed by atoms with van der Waals surface area (Å²) in [4.78, 5) is 32.7. The predicted molar refractivity (Wildman–Crippen MR) is 77.0 cm³/mol. The zero-order valence-electron chi connectivity index (χ0n) is 11.3. The highest BCUT2D eigenvalue weighted by atomic mass is 32.1. The third kappa shape index (κ3) is 2.35. The maximum atomic E-state index is 12.2. The summed E-state index contributed by atoms with van der Waals surface area (Å²) in [6, 6.07) is 0. The van der Waals surface area contributed by atoms with Gasteiger partial charge in [0.15, 0.2) is 0 Å². The van der Waals surface area contributed by atoms with Gasteiger partial charge >= 0.3 is 5.97 Å². The summed E-state index contributed by atoms with van der Waals surface area (Å²) >= 11 is 1.59. The Balaban J connectivity index is 1.87. The maximum absolute atomic E-state index is 12.2. The molecule has 0 unspecified atom stereocenters. The monoisotopic (exact) mass is 292 g/mol. The van der Waals surface area contributed by atoms with Gasteiger partial charge in [-0.1, -0.05) is 6.92 Å². The van der Waals surface area contributed by atoms with Gasteiger partial charge in [0.2, 0.25) is 0 Å². The van der Waals surface area contributed by atoms with E-state index in [1.54, 1.807) is 11.3 Å². The van der Waals surface area contributed by atoms with Crippen LogP contribution in [0.2, 0.25) is 0 Å². The number of fused-ring (bicyclic) bond motifs is 3. The van der Waals surface area contributed by atoms with Crippen LogP contribution < -0.4 is 5.56 Å². The van der Waals surface area contributed by atoms with E-state index >= 15 is 0 Å². The average Bonchev–Trinajstić information content (AvgIpc) is 2.96. The molecule has 0 saturated heterocycles. The second-order valence-electron chi connectivity index (χ2n) is 4.96. The third-order valence-corrected chi connectivity index (χ3v) is 4.63. The SMILES string of the molecule is CCCC(=O)OCc1nc2sc3c(c2c(=O)[nH]1)CCC3. The second-order valence-corrected chi connectivity index (χ2v) is 6.04. The quantitative estimate of drug-likeness (QED) is 0.878. The summed E-state index contributed by atoms with van der Waals surface area (Å²) in [6.07, 6.45) is 4.26. The van der Waals surface area contributed by atoms with Crippen LogP contribution in [0.25, 0.3) is 10.2 Å².